The van der Waals surface area contributed by atoms with E-state index >= 15 is 0 Å². The van der Waals surface area contributed by atoms with Crippen molar-refractivity contribution in [2.75, 3.05) is 23.7 Å². The van der Waals surface area contributed by atoms with Gasteiger partial charge in [-0.1, -0.05) is 73.2 Å². The van der Waals surface area contributed by atoms with Crippen molar-refractivity contribution < 1.29 is 28.8 Å². The molecular formula is C39H42N4O6S. The highest BCUT2D eigenvalue weighted by molar-refractivity contribution is 8.03. The Morgan fingerprint density at radius 1 is 0.740 bits per heavy atom. The zero-order valence-corrected chi connectivity index (χ0v) is 29.0. The molecule has 3 aromatic rings. The Morgan fingerprint density at radius 2 is 1.32 bits per heavy atom. The van der Waals surface area contributed by atoms with Gasteiger partial charge in [-0.3, -0.25) is 24.1 Å². The number of carbonyl (C=O) groups excluding carboxylic acids is 5. The molecule has 260 valence electrons. The maximum Gasteiger partial charge on any atom is 0.333 e. The lowest BCUT2D eigenvalue weighted by Gasteiger charge is -2.35. The molecule has 0 bridgehead atoms. The smallest absolute Gasteiger partial charge is 0.333 e. The molecule has 3 heterocycles. The van der Waals surface area contributed by atoms with Gasteiger partial charge in [0.1, 0.15) is 0 Å². The molecule has 0 atom stereocenters. The van der Waals surface area contributed by atoms with Gasteiger partial charge in [-0.25, -0.2) is 4.79 Å². The largest absolute Gasteiger partial charge is 0.336 e. The number of thioether (sulfide) groups is 1. The number of amides is 4. The summed E-state index contributed by atoms with van der Waals surface area (Å²) >= 11 is 1.92. The van der Waals surface area contributed by atoms with Crippen molar-refractivity contribution >= 4 is 58.3 Å². The first-order chi connectivity index (χ1) is 24.3. The fraction of sp³-hybridized carbons (Fsp3) is 0.308. The van der Waals surface area contributed by atoms with Gasteiger partial charge in [0.25, 0.3) is 23.6 Å². The zero-order chi connectivity index (χ0) is 35.5. The number of benzene rings is 3. The number of nitrogens with zero attached hydrogens (tertiary/aromatic N) is 3. The third-order valence-electron chi connectivity index (χ3n) is 8.49. The predicted octanol–water partition coefficient (Wildman–Crippen LogP) is 6.28. The van der Waals surface area contributed by atoms with Gasteiger partial charge >= 0.3 is 5.97 Å². The van der Waals surface area contributed by atoms with Crippen molar-refractivity contribution in [1.29, 1.82) is 0 Å². The predicted molar refractivity (Wildman–Crippen MR) is 195 cm³/mol. The molecule has 6 rings (SSSR count). The van der Waals surface area contributed by atoms with Gasteiger partial charge in [0.05, 0.1) is 0 Å². The average Bonchev–Trinajstić information content (AvgIpc) is 3.62. The molecule has 10 nitrogen and oxygen atoms in total. The summed E-state index contributed by atoms with van der Waals surface area (Å²) in [4.78, 5) is 66.3. The molecule has 0 radical (unpaired) electrons. The number of para-hydroxylation sites is 2. The van der Waals surface area contributed by atoms with Crippen LogP contribution in [0.15, 0.2) is 95.9 Å². The van der Waals surface area contributed by atoms with Crippen LogP contribution in [-0.2, 0) is 35.4 Å². The fourth-order valence-electron chi connectivity index (χ4n) is 5.98. The van der Waals surface area contributed by atoms with E-state index in [-0.39, 0.29) is 31.1 Å². The summed E-state index contributed by atoms with van der Waals surface area (Å²) in [6, 6.07) is 28.3. The molecule has 11 heteroatoms. The number of unbranched alkanes of at least 4 members (excludes halogenated alkanes) is 2. The lowest BCUT2D eigenvalue weighted by molar-refractivity contribution is -0.197. The Balaban J connectivity index is 0.000000201. The summed E-state index contributed by atoms with van der Waals surface area (Å²) < 4.78 is 0. The molecule has 0 aliphatic carbocycles. The van der Waals surface area contributed by atoms with Crippen molar-refractivity contribution in [3.05, 3.63) is 113 Å². The van der Waals surface area contributed by atoms with Crippen LogP contribution in [0.3, 0.4) is 0 Å². The van der Waals surface area contributed by atoms with E-state index in [1.807, 2.05) is 11.8 Å². The second-order valence-corrected chi connectivity index (χ2v) is 13.4. The highest BCUT2D eigenvalue weighted by Crippen LogP contribution is 2.48. The van der Waals surface area contributed by atoms with Crippen LogP contribution in [0.2, 0.25) is 0 Å². The molecule has 1 fully saturated rings. The Hall–Kier alpha value is -5.00. The fourth-order valence-corrected chi connectivity index (χ4v) is 6.97. The molecule has 0 unspecified atom stereocenters. The van der Waals surface area contributed by atoms with E-state index in [0.29, 0.717) is 30.9 Å². The number of fused-ring (bicyclic) bond motifs is 2. The molecule has 3 aliphatic heterocycles. The van der Waals surface area contributed by atoms with Crippen molar-refractivity contribution in [3.8, 4) is 0 Å². The maximum atomic E-state index is 11.5. The van der Waals surface area contributed by atoms with Crippen molar-refractivity contribution in [2.45, 2.75) is 58.4 Å². The first kappa shape index (κ1) is 36.3. The highest BCUT2D eigenvalue weighted by atomic mass is 32.2. The molecular weight excluding hydrogens is 653 g/mol. The topological polar surface area (TPSA) is 130 Å². The van der Waals surface area contributed by atoms with E-state index < -0.39 is 17.8 Å². The van der Waals surface area contributed by atoms with Crippen LogP contribution in [0.1, 0.15) is 68.6 Å². The summed E-state index contributed by atoms with van der Waals surface area (Å²) in [7, 11) is 0. The monoisotopic (exact) mass is 694 g/mol. The molecule has 0 aromatic heterocycles. The number of hydroxylamine groups is 2. The standard InChI is InChI=1S/C25H26N2S.C14H16N2O6/c1-19(28-17-9-16-26)25-21-12-5-7-14-23(21)27(18-20-10-3-2-4-11-20)24-15-8-6-13-22(24)25;17-10-5-6-11(18)15(10)9-3-1-2-4-14(21)22-16-12(19)7-8-13(16)20/h2-8,10-15H,9,16-18,26H2,1H3;5-6H,1-4,7-9H2. The van der Waals surface area contributed by atoms with Crippen molar-refractivity contribution in [2.24, 2.45) is 5.73 Å². The summed E-state index contributed by atoms with van der Waals surface area (Å²) in [5.74, 6) is -1.23. The Bertz CT molecular complexity index is 1710. The average molecular weight is 695 g/mol. The van der Waals surface area contributed by atoms with Crippen LogP contribution < -0.4 is 10.6 Å². The quantitative estimate of drug-likeness (QED) is 0.162. The van der Waals surface area contributed by atoms with E-state index in [0.717, 1.165) is 30.2 Å². The minimum atomic E-state index is -0.640. The number of anilines is 2. The van der Waals surface area contributed by atoms with Crippen LogP contribution in [0, 0.1) is 0 Å². The maximum absolute atomic E-state index is 11.5. The Kier molecular flexibility index (Phi) is 12.8. The van der Waals surface area contributed by atoms with E-state index in [4.69, 9.17) is 10.6 Å². The summed E-state index contributed by atoms with van der Waals surface area (Å²) in [5.41, 5.74) is 13.6. The number of carbonyl (C=O) groups is 5. The van der Waals surface area contributed by atoms with Gasteiger partial charge in [0, 0.05) is 72.6 Å². The lowest BCUT2D eigenvalue weighted by atomic mass is 9.89. The third kappa shape index (κ3) is 8.96. The van der Waals surface area contributed by atoms with Gasteiger partial charge < -0.3 is 15.5 Å². The Labute approximate surface area is 296 Å². The molecule has 3 aliphatic rings. The van der Waals surface area contributed by atoms with Crippen LogP contribution in [-0.4, -0.2) is 58.4 Å². The molecule has 4 amide bonds. The number of hydrogen-bond donors (Lipinski definition) is 1. The van der Waals surface area contributed by atoms with E-state index in [2.05, 4.69) is 90.7 Å². The van der Waals surface area contributed by atoms with Crippen molar-refractivity contribution in [3.63, 3.8) is 0 Å². The minimum absolute atomic E-state index is 0.0667. The van der Waals surface area contributed by atoms with Crippen LogP contribution >= 0.6 is 11.8 Å². The van der Waals surface area contributed by atoms with Crippen LogP contribution in [0.5, 0.6) is 0 Å². The summed E-state index contributed by atoms with van der Waals surface area (Å²) in [6.07, 6.45) is 5.38. The van der Waals surface area contributed by atoms with Crippen LogP contribution in [0.4, 0.5) is 11.4 Å². The Morgan fingerprint density at radius 3 is 1.92 bits per heavy atom. The summed E-state index contributed by atoms with van der Waals surface area (Å²) in [6.45, 7) is 4.16. The summed E-state index contributed by atoms with van der Waals surface area (Å²) in [5, 5.41) is 0.523. The second-order valence-electron chi connectivity index (χ2n) is 12.0. The number of allylic oxidation sites excluding steroid dienone is 1. The third-order valence-corrected chi connectivity index (χ3v) is 9.62. The van der Waals surface area contributed by atoms with Gasteiger partial charge in [0.2, 0.25) is 0 Å². The van der Waals surface area contributed by atoms with Gasteiger partial charge in [-0.05, 0) is 61.1 Å². The molecule has 50 heavy (non-hydrogen) atoms. The molecule has 2 N–H and O–H groups in total. The number of rotatable bonds is 13. The normalized spacial score (nSPS) is 14.8. The van der Waals surface area contributed by atoms with Gasteiger partial charge in [-0.2, -0.15) is 0 Å². The van der Waals surface area contributed by atoms with Gasteiger partial charge in [-0.15, -0.1) is 16.8 Å². The minimum Gasteiger partial charge on any atom is -0.336 e. The lowest BCUT2D eigenvalue weighted by Crippen LogP contribution is -2.32. The number of imide groups is 2. The first-order valence-electron chi connectivity index (χ1n) is 16.9. The van der Waals surface area contributed by atoms with E-state index in [1.165, 1.54) is 50.7 Å². The molecule has 1 saturated heterocycles. The SMILES string of the molecule is CC(SCCCN)=C1c2ccccc2N(Cc2ccccc2)c2ccccc21.O=C(CCCCCN1C(=O)C=CC1=O)ON1C(=O)CCC1=O. The second kappa shape index (κ2) is 17.6. The molecule has 0 spiro atoms. The van der Waals surface area contributed by atoms with Crippen molar-refractivity contribution in [1.82, 2.24) is 9.96 Å². The molecule has 0 saturated carbocycles. The van der Waals surface area contributed by atoms with E-state index in [1.54, 1.807) is 0 Å². The number of nitrogens with two attached hydrogens (primary N) is 1. The zero-order valence-electron chi connectivity index (χ0n) is 28.2. The molecule has 3 aromatic carbocycles. The highest BCUT2D eigenvalue weighted by Gasteiger charge is 2.33. The number of hydrogen-bond acceptors (Lipinski definition) is 9. The first-order valence-corrected chi connectivity index (χ1v) is 17.9. The van der Waals surface area contributed by atoms with Crippen LogP contribution in [0.25, 0.3) is 5.57 Å². The van der Waals surface area contributed by atoms with Gasteiger partial charge in [0.15, 0.2) is 0 Å². The van der Waals surface area contributed by atoms with E-state index in [9.17, 15) is 24.0 Å².